The van der Waals surface area contributed by atoms with E-state index in [1.165, 1.54) is 0 Å². The molecule has 0 aromatic carbocycles. The topological polar surface area (TPSA) is 247 Å². The van der Waals surface area contributed by atoms with E-state index in [1.54, 1.807) is 0 Å². The van der Waals surface area contributed by atoms with Gasteiger partial charge in [-0.2, -0.15) is 0 Å². The number of rotatable bonds is 8. The standard InChI is InChI=1S/C7H14O10P2.HO3P/c8-5(9)1-3-7(18(12,13)14,19(15,16)17)4-2-6(10)11;1-4(2)3/h1-4H2,(H,8,9)(H,10,11)(H2,12,13,14)(H2,15,16,17);(H-,1,2,3)/p+1. The first-order valence-corrected chi connectivity index (χ1v) is 9.85. The molecule has 0 atom stereocenters. The zero-order valence-electron chi connectivity index (χ0n) is 11.3. The van der Waals surface area contributed by atoms with Crippen molar-refractivity contribution in [1.29, 1.82) is 0 Å². The van der Waals surface area contributed by atoms with Gasteiger partial charge >= 0.3 is 35.4 Å². The van der Waals surface area contributed by atoms with Gasteiger partial charge < -0.3 is 29.8 Å². The van der Waals surface area contributed by atoms with E-state index in [9.17, 15) is 18.7 Å². The lowest BCUT2D eigenvalue weighted by Gasteiger charge is -2.33. The van der Waals surface area contributed by atoms with Crippen LogP contribution in [0.15, 0.2) is 0 Å². The fourth-order valence-electron chi connectivity index (χ4n) is 1.49. The van der Waals surface area contributed by atoms with Crippen molar-refractivity contribution in [3.05, 3.63) is 0 Å². The highest BCUT2D eigenvalue weighted by Crippen LogP contribution is 2.72. The molecular formula is C7H16O13P3+. The maximum Gasteiger partial charge on any atom is 0.692 e. The summed E-state index contributed by atoms with van der Waals surface area (Å²) in [6.07, 6.45) is -3.86. The number of carbonyl (C=O) groups is 2. The fraction of sp³-hybridized carbons (Fsp3) is 0.714. The smallest absolute Gasteiger partial charge is 0.481 e. The lowest BCUT2D eigenvalue weighted by Crippen LogP contribution is -2.31. The minimum Gasteiger partial charge on any atom is -0.481 e. The van der Waals surface area contributed by atoms with Gasteiger partial charge in [-0.3, -0.25) is 18.7 Å². The van der Waals surface area contributed by atoms with E-state index in [0.717, 1.165) is 0 Å². The average molecular weight is 401 g/mol. The van der Waals surface area contributed by atoms with E-state index in [4.69, 9.17) is 44.1 Å². The Morgan fingerprint density at radius 1 is 0.826 bits per heavy atom. The molecule has 23 heavy (non-hydrogen) atoms. The first kappa shape index (κ1) is 24.5. The highest BCUT2D eigenvalue weighted by Gasteiger charge is 2.59. The molecule has 0 spiro atoms. The molecule has 0 aliphatic carbocycles. The third kappa shape index (κ3) is 9.21. The molecule has 0 aromatic rings. The van der Waals surface area contributed by atoms with Crippen LogP contribution in [-0.4, -0.2) is 56.4 Å². The van der Waals surface area contributed by atoms with Gasteiger partial charge in [0.2, 0.25) is 0 Å². The lowest BCUT2D eigenvalue weighted by molar-refractivity contribution is -0.137. The molecule has 0 radical (unpaired) electrons. The summed E-state index contributed by atoms with van der Waals surface area (Å²) in [7, 11) is -13.7. The summed E-state index contributed by atoms with van der Waals surface area (Å²) in [6, 6.07) is 0. The molecule has 13 nitrogen and oxygen atoms in total. The Morgan fingerprint density at radius 2 is 1.04 bits per heavy atom. The number of carboxylic acids is 2. The van der Waals surface area contributed by atoms with Crippen molar-refractivity contribution in [2.45, 2.75) is 30.6 Å². The second-order valence-electron chi connectivity index (χ2n) is 4.11. The number of hydrogen-bond acceptors (Lipinski definition) is 5. The summed E-state index contributed by atoms with van der Waals surface area (Å²) in [5.74, 6) is -3.02. The van der Waals surface area contributed by atoms with Crippen LogP contribution in [0, 0.1) is 0 Å². The summed E-state index contributed by atoms with van der Waals surface area (Å²) >= 11 is 0. The van der Waals surface area contributed by atoms with Crippen LogP contribution in [0.2, 0.25) is 0 Å². The van der Waals surface area contributed by atoms with Gasteiger partial charge in [0.05, 0.1) is 0 Å². The van der Waals surface area contributed by atoms with Crippen LogP contribution in [0.1, 0.15) is 25.7 Å². The third-order valence-corrected chi connectivity index (χ3v) is 7.19. The second-order valence-corrected chi connectivity index (χ2v) is 8.86. The zero-order valence-corrected chi connectivity index (χ0v) is 14.0. The molecule has 0 heterocycles. The first-order valence-electron chi connectivity index (χ1n) is 5.46. The second kappa shape index (κ2) is 9.53. The van der Waals surface area contributed by atoms with Gasteiger partial charge in [-0.1, -0.05) is 0 Å². The van der Waals surface area contributed by atoms with Crippen LogP contribution in [0.3, 0.4) is 0 Å². The molecule has 0 saturated heterocycles. The Balaban J connectivity index is 0. The Hall–Kier alpha value is -0.740. The van der Waals surface area contributed by atoms with Crippen molar-refractivity contribution in [3.63, 3.8) is 0 Å². The SMILES string of the molecule is O=C(O)CCC(CCC(=O)O)(P(=O)(O)O)P(=O)(O)O.O=[P+](O)O. The number of aliphatic carboxylic acids is 2. The van der Waals surface area contributed by atoms with E-state index >= 15 is 0 Å². The molecule has 0 unspecified atom stereocenters. The predicted molar refractivity (Wildman–Crippen MR) is 72.6 cm³/mol. The van der Waals surface area contributed by atoms with E-state index in [1.807, 2.05) is 0 Å². The Labute approximate surface area is 129 Å². The Bertz CT molecular complexity index is 484. The highest BCUT2D eigenvalue weighted by molar-refractivity contribution is 7.72. The van der Waals surface area contributed by atoms with E-state index < -0.39 is 66.0 Å². The Kier molecular flexibility index (Phi) is 10.2. The van der Waals surface area contributed by atoms with E-state index in [-0.39, 0.29) is 0 Å². The van der Waals surface area contributed by atoms with Crippen molar-refractivity contribution >= 4 is 35.4 Å². The number of carboxylic acid groups (broad SMARTS) is 2. The van der Waals surface area contributed by atoms with Gasteiger partial charge in [-0.15, -0.1) is 9.79 Å². The molecule has 0 fully saturated rings. The first-order chi connectivity index (χ1) is 10.1. The molecule has 0 amide bonds. The van der Waals surface area contributed by atoms with Crippen LogP contribution in [-0.2, 0) is 23.3 Å². The maximum atomic E-state index is 11.3. The van der Waals surface area contributed by atoms with Crippen LogP contribution < -0.4 is 0 Å². The fourth-order valence-corrected chi connectivity index (χ4v) is 4.46. The highest BCUT2D eigenvalue weighted by atomic mass is 31.2. The summed E-state index contributed by atoms with van der Waals surface area (Å²) in [5.41, 5.74) is 0. The van der Waals surface area contributed by atoms with Crippen LogP contribution in [0.4, 0.5) is 0 Å². The summed E-state index contributed by atoms with van der Waals surface area (Å²) < 4.78 is 31.4. The van der Waals surface area contributed by atoms with Gasteiger partial charge in [0.15, 0.2) is 4.90 Å². The third-order valence-electron chi connectivity index (χ3n) is 2.56. The average Bonchev–Trinajstić information content (AvgIpc) is 2.23. The van der Waals surface area contributed by atoms with Crippen LogP contribution in [0.25, 0.3) is 0 Å². The summed E-state index contributed by atoms with van der Waals surface area (Å²) in [5, 5.41) is 16.9. The van der Waals surface area contributed by atoms with Gasteiger partial charge in [-0.25, -0.2) is 0 Å². The minimum atomic E-state index is -5.43. The predicted octanol–water partition coefficient (Wildman–Crippen LogP) is -0.604. The molecule has 0 aliphatic rings. The maximum absolute atomic E-state index is 11.3. The molecule has 0 bridgehead atoms. The van der Waals surface area contributed by atoms with E-state index in [0.29, 0.717) is 0 Å². The van der Waals surface area contributed by atoms with Crippen LogP contribution >= 0.6 is 23.4 Å². The van der Waals surface area contributed by atoms with Crippen molar-refractivity contribution in [2.24, 2.45) is 0 Å². The molecular weight excluding hydrogens is 385 g/mol. The molecule has 0 saturated carbocycles. The molecule has 0 aliphatic heterocycles. The van der Waals surface area contributed by atoms with Crippen molar-refractivity contribution in [3.8, 4) is 0 Å². The van der Waals surface area contributed by atoms with Crippen LogP contribution in [0.5, 0.6) is 0 Å². The molecule has 136 valence electrons. The van der Waals surface area contributed by atoms with Crippen molar-refractivity contribution < 1.29 is 62.9 Å². The lowest BCUT2D eigenvalue weighted by atomic mass is 10.1. The van der Waals surface area contributed by atoms with E-state index in [2.05, 4.69) is 0 Å². The normalized spacial score (nSPS) is 12.1. The quantitative estimate of drug-likeness (QED) is 0.237. The van der Waals surface area contributed by atoms with Gasteiger partial charge in [0, 0.05) is 17.4 Å². The molecule has 8 N–H and O–H groups in total. The van der Waals surface area contributed by atoms with Crippen molar-refractivity contribution in [1.82, 2.24) is 0 Å². The minimum absolute atomic E-state index is 0.907. The zero-order chi connectivity index (χ0) is 19.1. The summed E-state index contributed by atoms with van der Waals surface area (Å²) in [4.78, 5) is 68.6. The monoisotopic (exact) mass is 401 g/mol. The van der Waals surface area contributed by atoms with Gasteiger partial charge in [0.25, 0.3) is 0 Å². The van der Waals surface area contributed by atoms with Gasteiger partial charge in [-0.05, 0) is 12.8 Å². The molecule has 0 aromatic heterocycles. The molecule has 16 heteroatoms. The van der Waals surface area contributed by atoms with Crippen molar-refractivity contribution in [2.75, 3.05) is 0 Å². The largest absolute Gasteiger partial charge is 0.692 e. The number of hydrogen-bond donors (Lipinski definition) is 8. The summed E-state index contributed by atoms with van der Waals surface area (Å²) in [6.45, 7) is 0. The Morgan fingerprint density at radius 3 is 1.17 bits per heavy atom. The van der Waals surface area contributed by atoms with Gasteiger partial charge in [0.1, 0.15) is 0 Å². The molecule has 0 rings (SSSR count).